The van der Waals surface area contributed by atoms with Crippen LogP contribution in [0.15, 0.2) is 23.1 Å². The van der Waals surface area contributed by atoms with Crippen LogP contribution in [0.2, 0.25) is 0 Å². The largest absolute Gasteiger partial charge is 0.383 e. The molecule has 8 nitrogen and oxygen atoms in total. The fourth-order valence-corrected chi connectivity index (χ4v) is 4.75. The molecule has 0 aliphatic carbocycles. The lowest BCUT2D eigenvalue weighted by Crippen LogP contribution is -2.38. The highest BCUT2D eigenvalue weighted by Crippen LogP contribution is 2.31. The molecule has 1 aromatic rings. The Bertz CT molecular complexity index is 791. The van der Waals surface area contributed by atoms with Gasteiger partial charge in [-0.3, -0.25) is 9.59 Å². The van der Waals surface area contributed by atoms with Crippen molar-refractivity contribution in [1.82, 2.24) is 4.31 Å². The normalized spacial score (nSPS) is 24.2. The smallest absolute Gasteiger partial charge is 0.296 e. The van der Waals surface area contributed by atoms with E-state index in [0.717, 1.165) is 0 Å². The maximum atomic E-state index is 13.0. The van der Waals surface area contributed by atoms with Gasteiger partial charge in [0.15, 0.2) is 0 Å². The zero-order valence-corrected chi connectivity index (χ0v) is 14.1. The number of benzene rings is 1. The van der Waals surface area contributed by atoms with E-state index in [1.54, 1.807) is 0 Å². The minimum absolute atomic E-state index is 0.0241. The molecule has 1 saturated heterocycles. The van der Waals surface area contributed by atoms with Gasteiger partial charge in [-0.25, -0.2) is 8.42 Å². The summed E-state index contributed by atoms with van der Waals surface area (Å²) < 4.78 is 37.7. The van der Waals surface area contributed by atoms with Gasteiger partial charge in [0.25, 0.3) is 11.7 Å². The molecule has 1 amide bonds. The van der Waals surface area contributed by atoms with Crippen molar-refractivity contribution in [3.63, 3.8) is 0 Å². The third-order valence-electron chi connectivity index (χ3n) is 4.31. The Hall–Kier alpha value is -1.81. The summed E-state index contributed by atoms with van der Waals surface area (Å²) in [5, 5.41) is 2.40. The molecular weight excluding hydrogens is 336 g/mol. The lowest BCUT2D eigenvalue weighted by molar-refractivity contribution is -0.112. The predicted molar refractivity (Wildman–Crippen MR) is 84.4 cm³/mol. The van der Waals surface area contributed by atoms with Gasteiger partial charge >= 0.3 is 0 Å². The molecule has 2 aliphatic rings. The summed E-state index contributed by atoms with van der Waals surface area (Å²) in [5.41, 5.74) is 0.403. The summed E-state index contributed by atoms with van der Waals surface area (Å²) in [6, 6.07) is 3.72. The molecule has 9 heteroatoms. The van der Waals surface area contributed by atoms with Crippen LogP contribution in [0.25, 0.3) is 0 Å². The monoisotopic (exact) mass is 354 g/mol. The number of carbonyl (C=O) groups excluding carboxylic acids is 2. The van der Waals surface area contributed by atoms with Crippen LogP contribution in [0.3, 0.4) is 0 Å². The van der Waals surface area contributed by atoms with Crippen LogP contribution in [-0.2, 0) is 24.3 Å². The molecule has 2 heterocycles. The van der Waals surface area contributed by atoms with Gasteiger partial charge in [0.1, 0.15) is 0 Å². The van der Waals surface area contributed by atoms with E-state index >= 15 is 0 Å². The van der Waals surface area contributed by atoms with Crippen molar-refractivity contribution < 1.29 is 27.5 Å². The number of methoxy groups -OCH3 is 2. The highest BCUT2D eigenvalue weighted by molar-refractivity contribution is 7.89. The average molecular weight is 354 g/mol. The van der Waals surface area contributed by atoms with Crippen molar-refractivity contribution in [1.29, 1.82) is 0 Å². The maximum absolute atomic E-state index is 13.0. The number of hydrogen-bond acceptors (Lipinski definition) is 6. The molecule has 0 unspecified atom stereocenters. The first-order valence-electron chi connectivity index (χ1n) is 7.41. The van der Waals surface area contributed by atoms with Crippen LogP contribution < -0.4 is 5.32 Å². The number of hydrogen-bond donors (Lipinski definition) is 1. The molecule has 0 saturated carbocycles. The molecule has 24 heavy (non-hydrogen) atoms. The van der Waals surface area contributed by atoms with Crippen LogP contribution in [0.1, 0.15) is 16.8 Å². The minimum Gasteiger partial charge on any atom is -0.383 e. The molecule has 2 atom stereocenters. The fourth-order valence-electron chi connectivity index (χ4n) is 3.07. The fraction of sp³-hybridized carbons (Fsp3) is 0.467. The number of ketones is 1. The Morgan fingerprint density at radius 1 is 1.29 bits per heavy atom. The third kappa shape index (κ3) is 2.73. The Balaban J connectivity index is 1.96. The Labute approximate surface area is 139 Å². The summed E-state index contributed by atoms with van der Waals surface area (Å²) in [6.45, 7) is 0.470. The van der Waals surface area contributed by atoms with E-state index in [0.29, 0.717) is 12.1 Å². The number of nitrogens with zero attached hydrogens (tertiary/aromatic N) is 1. The molecule has 3 rings (SSSR count). The molecular formula is C15H18N2O6S. The number of ether oxygens (including phenoxy) is 2. The van der Waals surface area contributed by atoms with Crippen molar-refractivity contribution in [2.24, 2.45) is 0 Å². The number of carbonyl (C=O) groups is 2. The van der Waals surface area contributed by atoms with Gasteiger partial charge in [-0.05, 0) is 24.6 Å². The summed E-state index contributed by atoms with van der Waals surface area (Å²) >= 11 is 0. The number of Topliss-reactive ketones (excluding diaryl/α,β-unsaturated/α-hetero) is 1. The third-order valence-corrected chi connectivity index (χ3v) is 6.23. The molecule has 2 aliphatic heterocycles. The lowest BCUT2D eigenvalue weighted by atomic mass is 10.1. The molecule has 0 aromatic heterocycles. The van der Waals surface area contributed by atoms with Crippen LogP contribution >= 0.6 is 0 Å². The zero-order chi connectivity index (χ0) is 17.5. The van der Waals surface area contributed by atoms with E-state index in [9.17, 15) is 18.0 Å². The van der Waals surface area contributed by atoms with E-state index in [4.69, 9.17) is 9.47 Å². The maximum Gasteiger partial charge on any atom is 0.296 e. The number of sulfonamides is 1. The van der Waals surface area contributed by atoms with Gasteiger partial charge in [-0.2, -0.15) is 4.31 Å². The highest BCUT2D eigenvalue weighted by atomic mass is 32.2. The first kappa shape index (κ1) is 17.0. The van der Waals surface area contributed by atoms with Crippen molar-refractivity contribution in [3.05, 3.63) is 23.8 Å². The van der Waals surface area contributed by atoms with E-state index in [1.165, 1.54) is 36.7 Å². The summed E-state index contributed by atoms with van der Waals surface area (Å²) in [5.74, 6) is -1.48. The van der Waals surface area contributed by atoms with Gasteiger partial charge in [-0.1, -0.05) is 0 Å². The van der Waals surface area contributed by atoms with Crippen molar-refractivity contribution in [3.8, 4) is 0 Å². The zero-order valence-electron chi connectivity index (χ0n) is 13.3. The van der Waals surface area contributed by atoms with Gasteiger partial charge in [0.05, 0.1) is 34.9 Å². The number of amides is 1. The first-order chi connectivity index (χ1) is 11.4. The topological polar surface area (TPSA) is 102 Å². The van der Waals surface area contributed by atoms with Crippen molar-refractivity contribution in [2.75, 3.05) is 32.7 Å². The van der Waals surface area contributed by atoms with Gasteiger partial charge in [0, 0.05) is 20.8 Å². The van der Waals surface area contributed by atoms with E-state index in [-0.39, 0.29) is 35.8 Å². The number of anilines is 1. The average Bonchev–Trinajstić information content (AvgIpc) is 3.10. The van der Waals surface area contributed by atoms with E-state index < -0.39 is 21.7 Å². The van der Waals surface area contributed by atoms with Crippen molar-refractivity contribution in [2.45, 2.75) is 23.5 Å². The molecule has 1 fully saturated rings. The quantitative estimate of drug-likeness (QED) is 0.761. The van der Waals surface area contributed by atoms with Crippen molar-refractivity contribution >= 4 is 27.4 Å². The standard InChI is InChI=1S/C15H18N2O6S/c1-22-8-9-5-10(23-2)7-17(9)24(20,21)11-3-4-13-12(6-11)14(18)15(19)16-13/h3-4,6,9-10H,5,7-8H2,1-2H3,(H,16,18,19)/t9-,10+/m0/s1. The van der Waals surface area contributed by atoms with Gasteiger partial charge < -0.3 is 14.8 Å². The van der Waals surface area contributed by atoms with Gasteiger partial charge in [0.2, 0.25) is 10.0 Å². The van der Waals surface area contributed by atoms with Crippen LogP contribution in [-0.4, -0.2) is 63.9 Å². The highest BCUT2D eigenvalue weighted by Gasteiger charge is 2.41. The second kappa shape index (κ2) is 6.25. The minimum atomic E-state index is -3.83. The van der Waals surface area contributed by atoms with Gasteiger partial charge in [-0.15, -0.1) is 0 Å². The Morgan fingerprint density at radius 3 is 2.71 bits per heavy atom. The lowest BCUT2D eigenvalue weighted by Gasteiger charge is -2.23. The van der Waals surface area contributed by atoms with Crippen LogP contribution in [0, 0.1) is 0 Å². The second-order valence-corrected chi connectivity index (χ2v) is 7.66. The summed E-state index contributed by atoms with van der Waals surface area (Å²) in [4.78, 5) is 23.2. The second-order valence-electron chi connectivity index (χ2n) is 5.77. The molecule has 0 bridgehead atoms. The van der Waals surface area contributed by atoms with E-state index in [2.05, 4.69) is 5.32 Å². The van der Waals surface area contributed by atoms with Crippen LogP contribution in [0.5, 0.6) is 0 Å². The first-order valence-corrected chi connectivity index (χ1v) is 8.85. The molecule has 1 aromatic carbocycles. The Morgan fingerprint density at radius 2 is 2.04 bits per heavy atom. The molecule has 130 valence electrons. The van der Waals surface area contributed by atoms with Crippen LogP contribution in [0.4, 0.5) is 5.69 Å². The summed E-state index contributed by atoms with van der Waals surface area (Å²) in [6.07, 6.45) is 0.326. The Kier molecular flexibility index (Phi) is 4.43. The number of fused-ring (bicyclic) bond motifs is 1. The number of rotatable bonds is 5. The number of nitrogens with one attached hydrogen (secondary N) is 1. The molecule has 0 radical (unpaired) electrons. The molecule has 1 N–H and O–H groups in total. The van der Waals surface area contributed by atoms with E-state index in [1.807, 2.05) is 0 Å². The molecule has 0 spiro atoms. The summed E-state index contributed by atoms with van der Waals surface area (Å²) in [7, 11) is -0.786. The SMILES string of the molecule is COC[C@@H]1C[C@@H](OC)CN1S(=O)(=O)c1ccc2c(c1)C(=O)C(=O)N2. The predicted octanol–water partition coefficient (Wildman–Crippen LogP) is 0.246.